The standard InChI is InChI=1S/C19H18BrClN4O/c20-15-5-3-4-14(12-15)19-23-22-18(26-19)13-24-8-10-25(11-9-24)17-7-2-1-6-16(17)21/h1-7,12H,8-11,13H2. The summed E-state index contributed by atoms with van der Waals surface area (Å²) >= 11 is 9.77. The highest BCUT2D eigenvalue weighted by atomic mass is 79.9. The van der Waals surface area contributed by atoms with Gasteiger partial charge in [-0.1, -0.05) is 45.7 Å². The molecule has 134 valence electrons. The average Bonchev–Trinajstić information content (AvgIpc) is 3.12. The van der Waals surface area contributed by atoms with E-state index in [1.165, 1.54) is 0 Å². The van der Waals surface area contributed by atoms with Gasteiger partial charge in [0.05, 0.1) is 17.3 Å². The Morgan fingerprint density at radius 2 is 1.81 bits per heavy atom. The van der Waals surface area contributed by atoms with Crippen LogP contribution in [0.15, 0.2) is 57.4 Å². The Labute approximate surface area is 165 Å². The summed E-state index contributed by atoms with van der Waals surface area (Å²) in [5, 5.41) is 9.18. The largest absolute Gasteiger partial charge is 0.419 e. The Balaban J connectivity index is 1.37. The van der Waals surface area contributed by atoms with E-state index in [0.717, 1.165) is 46.9 Å². The van der Waals surface area contributed by atoms with Gasteiger partial charge in [0.15, 0.2) is 0 Å². The summed E-state index contributed by atoms with van der Waals surface area (Å²) in [4.78, 5) is 4.64. The molecule has 1 fully saturated rings. The molecular weight excluding hydrogens is 416 g/mol. The number of piperazine rings is 1. The lowest BCUT2D eigenvalue weighted by Gasteiger charge is -2.35. The van der Waals surface area contributed by atoms with Crippen LogP contribution in [0.1, 0.15) is 5.89 Å². The summed E-state index contributed by atoms with van der Waals surface area (Å²) < 4.78 is 6.83. The highest BCUT2D eigenvalue weighted by Crippen LogP contribution is 2.26. The SMILES string of the molecule is Clc1ccccc1N1CCN(Cc2nnc(-c3cccc(Br)c3)o2)CC1. The molecule has 4 rings (SSSR count). The van der Waals surface area contributed by atoms with Crippen molar-refractivity contribution < 1.29 is 4.42 Å². The molecule has 0 aliphatic carbocycles. The zero-order valence-corrected chi connectivity index (χ0v) is 16.4. The van der Waals surface area contributed by atoms with E-state index < -0.39 is 0 Å². The summed E-state index contributed by atoms with van der Waals surface area (Å²) in [7, 11) is 0. The first-order valence-electron chi connectivity index (χ1n) is 8.49. The first kappa shape index (κ1) is 17.5. The Bertz CT molecular complexity index is 893. The van der Waals surface area contributed by atoms with Crippen LogP contribution >= 0.6 is 27.5 Å². The Morgan fingerprint density at radius 3 is 2.58 bits per heavy atom. The molecule has 2 heterocycles. The molecule has 0 radical (unpaired) electrons. The van der Waals surface area contributed by atoms with Gasteiger partial charge in [0, 0.05) is 36.2 Å². The van der Waals surface area contributed by atoms with Crippen molar-refractivity contribution in [2.24, 2.45) is 0 Å². The summed E-state index contributed by atoms with van der Waals surface area (Å²) in [5.41, 5.74) is 2.02. The van der Waals surface area contributed by atoms with E-state index in [2.05, 4.69) is 42.0 Å². The van der Waals surface area contributed by atoms with E-state index >= 15 is 0 Å². The van der Waals surface area contributed by atoms with Crippen LogP contribution in [0.25, 0.3) is 11.5 Å². The minimum absolute atomic E-state index is 0.552. The smallest absolute Gasteiger partial charge is 0.247 e. The molecule has 0 saturated carbocycles. The molecule has 0 amide bonds. The van der Waals surface area contributed by atoms with Gasteiger partial charge in [-0.15, -0.1) is 10.2 Å². The molecule has 3 aromatic rings. The molecule has 2 aromatic carbocycles. The van der Waals surface area contributed by atoms with E-state index in [0.29, 0.717) is 18.3 Å². The van der Waals surface area contributed by atoms with Gasteiger partial charge in [0.2, 0.25) is 11.8 Å². The van der Waals surface area contributed by atoms with Crippen molar-refractivity contribution in [1.82, 2.24) is 15.1 Å². The van der Waals surface area contributed by atoms with Crippen LogP contribution in [0, 0.1) is 0 Å². The predicted molar refractivity (Wildman–Crippen MR) is 106 cm³/mol. The number of benzene rings is 2. The normalized spacial score (nSPS) is 15.4. The molecular formula is C19H18BrClN4O. The number of rotatable bonds is 4. The zero-order valence-electron chi connectivity index (χ0n) is 14.1. The van der Waals surface area contributed by atoms with Gasteiger partial charge in [-0.3, -0.25) is 4.90 Å². The Kier molecular flexibility index (Phi) is 5.24. The van der Waals surface area contributed by atoms with Gasteiger partial charge >= 0.3 is 0 Å². The van der Waals surface area contributed by atoms with Gasteiger partial charge < -0.3 is 9.32 Å². The number of nitrogens with zero attached hydrogens (tertiary/aromatic N) is 4. The number of halogens is 2. The first-order valence-corrected chi connectivity index (χ1v) is 9.66. The quantitative estimate of drug-likeness (QED) is 0.607. The second-order valence-electron chi connectivity index (χ2n) is 6.23. The fraction of sp³-hybridized carbons (Fsp3) is 0.263. The zero-order chi connectivity index (χ0) is 17.9. The molecule has 5 nitrogen and oxygen atoms in total. The molecule has 0 bridgehead atoms. The van der Waals surface area contributed by atoms with Crippen molar-refractivity contribution in [3.8, 4) is 11.5 Å². The number of hydrogen-bond acceptors (Lipinski definition) is 5. The molecule has 1 aromatic heterocycles. The third kappa shape index (κ3) is 3.92. The van der Waals surface area contributed by atoms with Crippen LogP contribution in [0.2, 0.25) is 5.02 Å². The lowest BCUT2D eigenvalue weighted by molar-refractivity contribution is 0.227. The number of para-hydroxylation sites is 1. The molecule has 1 aliphatic rings. The molecule has 0 atom stereocenters. The maximum absolute atomic E-state index is 6.30. The van der Waals surface area contributed by atoms with Crippen molar-refractivity contribution in [3.05, 3.63) is 63.9 Å². The fourth-order valence-electron chi connectivity index (χ4n) is 3.10. The lowest BCUT2D eigenvalue weighted by Crippen LogP contribution is -2.46. The lowest BCUT2D eigenvalue weighted by atomic mass is 10.2. The highest BCUT2D eigenvalue weighted by molar-refractivity contribution is 9.10. The molecule has 0 spiro atoms. The summed E-state index contributed by atoms with van der Waals surface area (Å²) in [6.45, 7) is 4.38. The van der Waals surface area contributed by atoms with Crippen LogP contribution in [-0.4, -0.2) is 41.3 Å². The molecule has 0 N–H and O–H groups in total. The average molecular weight is 434 g/mol. The molecule has 7 heteroatoms. The monoisotopic (exact) mass is 432 g/mol. The third-order valence-electron chi connectivity index (χ3n) is 4.46. The minimum Gasteiger partial charge on any atom is -0.419 e. The second-order valence-corrected chi connectivity index (χ2v) is 7.55. The highest BCUT2D eigenvalue weighted by Gasteiger charge is 2.20. The predicted octanol–water partition coefficient (Wildman–Crippen LogP) is 4.47. The maximum Gasteiger partial charge on any atom is 0.247 e. The Morgan fingerprint density at radius 1 is 1.00 bits per heavy atom. The molecule has 1 saturated heterocycles. The topological polar surface area (TPSA) is 45.4 Å². The van der Waals surface area contributed by atoms with Gasteiger partial charge in [-0.2, -0.15) is 0 Å². The van der Waals surface area contributed by atoms with Crippen LogP contribution < -0.4 is 4.90 Å². The van der Waals surface area contributed by atoms with Gasteiger partial charge in [0.25, 0.3) is 0 Å². The second kappa shape index (κ2) is 7.78. The first-order chi connectivity index (χ1) is 12.7. The fourth-order valence-corrected chi connectivity index (χ4v) is 3.76. The van der Waals surface area contributed by atoms with Crippen molar-refractivity contribution in [3.63, 3.8) is 0 Å². The Hall–Kier alpha value is -1.89. The number of hydrogen-bond donors (Lipinski definition) is 0. The third-order valence-corrected chi connectivity index (χ3v) is 5.28. The van der Waals surface area contributed by atoms with Crippen molar-refractivity contribution in [1.29, 1.82) is 0 Å². The van der Waals surface area contributed by atoms with Gasteiger partial charge in [0.1, 0.15) is 0 Å². The summed E-state index contributed by atoms with van der Waals surface area (Å²) in [6, 6.07) is 15.8. The van der Waals surface area contributed by atoms with Gasteiger partial charge in [-0.05, 0) is 30.3 Å². The van der Waals surface area contributed by atoms with Crippen molar-refractivity contribution >= 4 is 33.2 Å². The van der Waals surface area contributed by atoms with E-state index in [4.69, 9.17) is 16.0 Å². The number of anilines is 1. The minimum atomic E-state index is 0.552. The van der Waals surface area contributed by atoms with Crippen LogP contribution in [-0.2, 0) is 6.54 Å². The van der Waals surface area contributed by atoms with Gasteiger partial charge in [-0.25, -0.2) is 0 Å². The molecule has 1 aliphatic heterocycles. The van der Waals surface area contributed by atoms with E-state index in [9.17, 15) is 0 Å². The van der Waals surface area contributed by atoms with Crippen molar-refractivity contribution in [2.75, 3.05) is 31.1 Å². The van der Waals surface area contributed by atoms with E-state index in [1.807, 2.05) is 42.5 Å². The summed E-state index contributed by atoms with van der Waals surface area (Å²) in [6.07, 6.45) is 0. The number of aromatic nitrogens is 2. The van der Waals surface area contributed by atoms with E-state index in [1.54, 1.807) is 0 Å². The summed E-state index contributed by atoms with van der Waals surface area (Å²) in [5.74, 6) is 1.20. The van der Waals surface area contributed by atoms with Crippen LogP contribution in [0.5, 0.6) is 0 Å². The van der Waals surface area contributed by atoms with Crippen molar-refractivity contribution in [2.45, 2.75) is 6.54 Å². The molecule has 26 heavy (non-hydrogen) atoms. The van der Waals surface area contributed by atoms with E-state index in [-0.39, 0.29) is 0 Å². The van der Waals surface area contributed by atoms with Crippen LogP contribution in [0.3, 0.4) is 0 Å². The van der Waals surface area contributed by atoms with Crippen LogP contribution in [0.4, 0.5) is 5.69 Å². The molecule has 0 unspecified atom stereocenters. The maximum atomic E-state index is 6.30.